The number of aliphatic carboxylic acids is 2. The predicted octanol–water partition coefficient (Wildman–Crippen LogP) is 0.630. The number of sulfonamides is 1. The number of hydrogen-bond acceptors (Lipinski definition) is 5. The molecule has 14 heteroatoms. The van der Waals surface area contributed by atoms with Gasteiger partial charge in [-0.05, 0) is 18.2 Å². The second kappa shape index (κ2) is 8.20. The lowest BCUT2D eigenvalue weighted by Gasteiger charge is -2.16. The number of carbonyl (C=O) groups is 3. The topological polar surface area (TPSA) is 150 Å². The van der Waals surface area contributed by atoms with Crippen LogP contribution < -0.4 is 10.0 Å². The van der Waals surface area contributed by atoms with Gasteiger partial charge in [-0.1, -0.05) is 0 Å². The van der Waals surface area contributed by atoms with Crippen molar-refractivity contribution in [3.05, 3.63) is 29.6 Å². The van der Waals surface area contributed by atoms with Gasteiger partial charge < -0.3 is 15.5 Å². The molecule has 0 spiro atoms. The third-order valence-electron chi connectivity index (χ3n) is 2.89. The predicted molar refractivity (Wildman–Crippen MR) is 80.6 cm³/mol. The number of rotatable bonds is 8. The van der Waals surface area contributed by atoms with E-state index in [0.29, 0.717) is 12.1 Å². The van der Waals surface area contributed by atoms with Crippen LogP contribution >= 0.6 is 0 Å². The molecule has 0 heterocycles. The summed E-state index contributed by atoms with van der Waals surface area (Å²) in [6, 6.07) is -0.842. The molecular formula is C13H12F4N2O7S. The van der Waals surface area contributed by atoms with E-state index in [1.54, 1.807) is 5.32 Å². The first-order chi connectivity index (χ1) is 12.2. The maximum atomic E-state index is 13.0. The van der Waals surface area contributed by atoms with E-state index >= 15 is 0 Å². The van der Waals surface area contributed by atoms with Crippen LogP contribution in [0.15, 0.2) is 18.2 Å². The number of anilines is 1. The van der Waals surface area contributed by atoms with Gasteiger partial charge in [-0.2, -0.15) is 13.2 Å². The summed E-state index contributed by atoms with van der Waals surface area (Å²) in [5.41, 5.74) is -2.68. The summed E-state index contributed by atoms with van der Waals surface area (Å²) < 4.78 is 76.7. The maximum Gasteiger partial charge on any atom is 0.418 e. The van der Waals surface area contributed by atoms with Crippen molar-refractivity contribution in [2.24, 2.45) is 0 Å². The molecule has 27 heavy (non-hydrogen) atoms. The van der Waals surface area contributed by atoms with Crippen LogP contribution in [0.2, 0.25) is 0 Å². The lowest BCUT2D eigenvalue weighted by atomic mass is 10.2. The Morgan fingerprint density at radius 2 is 1.74 bits per heavy atom. The van der Waals surface area contributed by atoms with Gasteiger partial charge in [0, 0.05) is 0 Å². The molecule has 1 unspecified atom stereocenters. The minimum absolute atomic E-state index is 0.0469. The number of hydrogen-bond donors (Lipinski definition) is 4. The largest absolute Gasteiger partial charge is 0.481 e. The van der Waals surface area contributed by atoms with E-state index in [-0.39, 0.29) is 6.07 Å². The Bertz CT molecular complexity index is 855. The molecule has 0 aliphatic rings. The highest BCUT2D eigenvalue weighted by Crippen LogP contribution is 2.35. The summed E-state index contributed by atoms with van der Waals surface area (Å²) in [6.45, 7) is 0. The van der Waals surface area contributed by atoms with E-state index < -0.39 is 69.3 Å². The molecule has 0 fully saturated rings. The Labute approximate surface area is 149 Å². The molecule has 0 aromatic heterocycles. The fourth-order valence-corrected chi connectivity index (χ4v) is 2.84. The third kappa shape index (κ3) is 7.08. The molecule has 150 valence electrons. The van der Waals surface area contributed by atoms with E-state index in [2.05, 4.69) is 0 Å². The van der Waals surface area contributed by atoms with E-state index in [4.69, 9.17) is 10.2 Å². The van der Waals surface area contributed by atoms with Crippen LogP contribution in [0.5, 0.6) is 0 Å². The minimum Gasteiger partial charge on any atom is -0.481 e. The van der Waals surface area contributed by atoms with Crippen molar-refractivity contribution in [2.75, 3.05) is 10.5 Å². The second-order valence-electron chi connectivity index (χ2n) is 5.11. The Morgan fingerprint density at radius 3 is 2.22 bits per heavy atom. The van der Waals surface area contributed by atoms with Gasteiger partial charge in [-0.15, -0.1) is 0 Å². The van der Waals surface area contributed by atoms with Crippen LogP contribution in [-0.2, 0) is 30.6 Å². The fourth-order valence-electron chi connectivity index (χ4n) is 1.83. The molecule has 0 radical (unpaired) electrons. The molecule has 0 bridgehead atoms. The summed E-state index contributed by atoms with van der Waals surface area (Å²) in [6.07, 6.45) is -6.15. The molecule has 0 saturated heterocycles. The van der Waals surface area contributed by atoms with Crippen molar-refractivity contribution in [1.29, 1.82) is 0 Å². The first kappa shape index (κ1) is 22.1. The summed E-state index contributed by atoms with van der Waals surface area (Å²) >= 11 is 0. The van der Waals surface area contributed by atoms with Gasteiger partial charge in [0.1, 0.15) is 17.6 Å². The van der Waals surface area contributed by atoms with Gasteiger partial charge in [-0.25, -0.2) is 17.6 Å². The molecule has 1 aromatic rings. The van der Waals surface area contributed by atoms with Gasteiger partial charge in [0.2, 0.25) is 15.9 Å². The second-order valence-corrected chi connectivity index (χ2v) is 6.83. The van der Waals surface area contributed by atoms with Crippen molar-refractivity contribution in [3.8, 4) is 0 Å². The fraction of sp³-hybridized carbons (Fsp3) is 0.308. The smallest absolute Gasteiger partial charge is 0.418 e. The summed E-state index contributed by atoms with van der Waals surface area (Å²) in [5, 5.41) is 18.9. The van der Waals surface area contributed by atoms with Crippen molar-refractivity contribution in [2.45, 2.75) is 18.6 Å². The highest BCUT2D eigenvalue weighted by molar-refractivity contribution is 7.93. The van der Waals surface area contributed by atoms with Crippen LogP contribution in [0.25, 0.3) is 0 Å². The van der Waals surface area contributed by atoms with Gasteiger partial charge in [0.25, 0.3) is 0 Å². The zero-order chi connectivity index (χ0) is 21.0. The maximum absolute atomic E-state index is 13.0. The molecule has 1 rings (SSSR count). The van der Waals surface area contributed by atoms with Crippen LogP contribution in [-0.4, -0.2) is 48.3 Å². The first-order valence-electron chi connectivity index (χ1n) is 6.82. The monoisotopic (exact) mass is 416 g/mol. The number of amides is 1. The quantitative estimate of drug-likeness (QED) is 0.454. The Balaban J connectivity index is 2.95. The van der Waals surface area contributed by atoms with Crippen LogP contribution in [0, 0.1) is 5.82 Å². The highest BCUT2D eigenvalue weighted by atomic mass is 32.2. The number of halogens is 4. The summed E-state index contributed by atoms with van der Waals surface area (Å²) in [7, 11) is -4.75. The van der Waals surface area contributed by atoms with Crippen LogP contribution in [0.1, 0.15) is 12.0 Å². The zero-order valence-electron chi connectivity index (χ0n) is 13.1. The molecule has 1 aromatic carbocycles. The number of carboxylic acids is 2. The minimum atomic E-state index is -5.10. The van der Waals surface area contributed by atoms with E-state index in [0.717, 1.165) is 0 Å². The summed E-state index contributed by atoms with van der Waals surface area (Å²) in [5.74, 6) is -7.59. The highest BCUT2D eigenvalue weighted by Gasteiger charge is 2.35. The van der Waals surface area contributed by atoms with E-state index in [1.807, 2.05) is 0 Å². The van der Waals surface area contributed by atoms with E-state index in [9.17, 15) is 40.4 Å². The average molecular weight is 416 g/mol. The molecule has 0 saturated carbocycles. The van der Waals surface area contributed by atoms with Gasteiger partial charge in [0.15, 0.2) is 0 Å². The number of alkyl halides is 3. The normalized spacial score (nSPS) is 12.9. The Kier molecular flexibility index (Phi) is 6.72. The number of benzene rings is 1. The number of carbonyl (C=O) groups excluding carboxylic acids is 1. The zero-order valence-corrected chi connectivity index (χ0v) is 13.9. The van der Waals surface area contributed by atoms with Crippen molar-refractivity contribution < 1.29 is 50.6 Å². The lowest BCUT2D eigenvalue weighted by Crippen LogP contribution is -2.45. The lowest BCUT2D eigenvalue weighted by molar-refractivity contribution is -0.147. The third-order valence-corrected chi connectivity index (χ3v) is 4.06. The number of nitrogens with one attached hydrogen (secondary N) is 2. The van der Waals surface area contributed by atoms with Crippen molar-refractivity contribution in [1.82, 2.24) is 5.32 Å². The molecular weight excluding hydrogens is 404 g/mol. The standard InChI is InChI=1S/C13H12F4N2O7S/c14-6-1-2-8(7(3-6)13(15,16)17)19-27(25,26)5-10(20)18-9(12(23)24)4-11(21)22/h1-3,9,19H,4-5H2,(H,18,20)(H,21,22)(H,23,24). The van der Waals surface area contributed by atoms with Gasteiger partial charge >= 0.3 is 18.1 Å². The van der Waals surface area contributed by atoms with E-state index in [1.165, 1.54) is 4.72 Å². The van der Waals surface area contributed by atoms with Crippen LogP contribution in [0.4, 0.5) is 23.2 Å². The number of carboxylic acid groups (broad SMARTS) is 2. The molecule has 9 nitrogen and oxygen atoms in total. The molecule has 4 N–H and O–H groups in total. The Hall–Kier alpha value is -2.90. The Morgan fingerprint density at radius 1 is 1.15 bits per heavy atom. The summed E-state index contributed by atoms with van der Waals surface area (Å²) in [4.78, 5) is 32.9. The van der Waals surface area contributed by atoms with Crippen molar-refractivity contribution in [3.63, 3.8) is 0 Å². The molecule has 0 aliphatic heterocycles. The SMILES string of the molecule is O=C(O)CC(NC(=O)CS(=O)(=O)Nc1ccc(F)cc1C(F)(F)F)C(=O)O. The first-order valence-corrected chi connectivity index (χ1v) is 8.47. The molecule has 1 atom stereocenters. The average Bonchev–Trinajstić information content (AvgIpc) is 2.45. The molecule has 0 aliphatic carbocycles. The molecule has 1 amide bonds. The van der Waals surface area contributed by atoms with Crippen LogP contribution in [0.3, 0.4) is 0 Å². The van der Waals surface area contributed by atoms with Gasteiger partial charge in [0.05, 0.1) is 17.7 Å². The van der Waals surface area contributed by atoms with Crippen molar-refractivity contribution >= 4 is 33.6 Å². The van der Waals surface area contributed by atoms with Gasteiger partial charge in [-0.3, -0.25) is 14.3 Å².